The standard InChI is InChI=1S/C15H30N2O/c1-6-17-12-10-18-9-11(12)7-16-8-13-14(2,3)15(13,4)5/h11-13,16-17H,6-10H2,1-5H3. The number of nitrogens with one attached hydrogen (secondary N) is 2. The molecule has 3 heteroatoms. The monoisotopic (exact) mass is 254 g/mol. The van der Waals surface area contributed by atoms with E-state index in [0.29, 0.717) is 22.8 Å². The van der Waals surface area contributed by atoms with Gasteiger partial charge in [0.2, 0.25) is 0 Å². The van der Waals surface area contributed by atoms with Crippen molar-refractivity contribution >= 4 is 0 Å². The predicted octanol–water partition coefficient (Wildman–Crippen LogP) is 1.88. The summed E-state index contributed by atoms with van der Waals surface area (Å²) in [7, 11) is 0. The largest absolute Gasteiger partial charge is 0.379 e. The van der Waals surface area contributed by atoms with Crippen LogP contribution in [0.1, 0.15) is 34.6 Å². The molecule has 2 aliphatic rings. The van der Waals surface area contributed by atoms with Crippen LogP contribution in [-0.4, -0.2) is 38.9 Å². The summed E-state index contributed by atoms with van der Waals surface area (Å²) in [6.45, 7) is 16.8. The molecule has 0 radical (unpaired) electrons. The zero-order valence-electron chi connectivity index (χ0n) is 12.7. The Morgan fingerprint density at radius 2 is 1.72 bits per heavy atom. The van der Waals surface area contributed by atoms with Gasteiger partial charge in [-0.15, -0.1) is 0 Å². The molecule has 0 aromatic heterocycles. The summed E-state index contributed by atoms with van der Waals surface area (Å²) in [5, 5.41) is 7.18. The molecule has 1 aliphatic carbocycles. The molecule has 2 N–H and O–H groups in total. The van der Waals surface area contributed by atoms with Crippen molar-refractivity contribution in [3.63, 3.8) is 0 Å². The lowest BCUT2D eigenvalue weighted by Crippen LogP contribution is -2.40. The molecule has 2 unspecified atom stereocenters. The van der Waals surface area contributed by atoms with Gasteiger partial charge in [0, 0.05) is 18.5 Å². The van der Waals surface area contributed by atoms with Crippen LogP contribution in [0.4, 0.5) is 0 Å². The average Bonchev–Trinajstić information content (AvgIpc) is 2.66. The molecule has 1 aliphatic heterocycles. The van der Waals surface area contributed by atoms with E-state index in [2.05, 4.69) is 45.3 Å². The maximum Gasteiger partial charge on any atom is 0.0623 e. The molecule has 2 atom stereocenters. The molecule has 0 bridgehead atoms. The fourth-order valence-electron chi connectivity index (χ4n) is 3.54. The number of rotatable bonds is 6. The van der Waals surface area contributed by atoms with E-state index in [9.17, 15) is 0 Å². The van der Waals surface area contributed by atoms with Gasteiger partial charge in [-0.1, -0.05) is 34.6 Å². The van der Waals surface area contributed by atoms with E-state index >= 15 is 0 Å². The van der Waals surface area contributed by atoms with Crippen molar-refractivity contribution in [1.29, 1.82) is 0 Å². The highest BCUT2D eigenvalue weighted by Crippen LogP contribution is 2.67. The zero-order valence-corrected chi connectivity index (χ0v) is 12.7. The lowest BCUT2D eigenvalue weighted by molar-refractivity contribution is 0.182. The third-order valence-corrected chi connectivity index (χ3v) is 5.74. The highest BCUT2D eigenvalue weighted by molar-refractivity contribution is 5.12. The first-order chi connectivity index (χ1) is 8.41. The molecule has 1 saturated heterocycles. The molecule has 18 heavy (non-hydrogen) atoms. The minimum Gasteiger partial charge on any atom is -0.379 e. The molecule has 0 aromatic carbocycles. The lowest BCUT2D eigenvalue weighted by atomic mass is 10.0. The molecule has 2 fully saturated rings. The number of hydrogen-bond acceptors (Lipinski definition) is 3. The van der Waals surface area contributed by atoms with Crippen LogP contribution in [0.25, 0.3) is 0 Å². The van der Waals surface area contributed by atoms with Crippen molar-refractivity contribution in [2.75, 3.05) is 32.8 Å². The topological polar surface area (TPSA) is 33.3 Å². The Hall–Kier alpha value is -0.120. The molecule has 1 heterocycles. The first-order valence-electron chi connectivity index (χ1n) is 7.43. The molecular weight excluding hydrogens is 224 g/mol. The van der Waals surface area contributed by atoms with Crippen LogP contribution in [0, 0.1) is 22.7 Å². The average molecular weight is 254 g/mol. The van der Waals surface area contributed by atoms with Crippen molar-refractivity contribution < 1.29 is 4.74 Å². The second-order valence-corrected chi connectivity index (χ2v) is 7.12. The first kappa shape index (κ1) is 14.3. The van der Waals surface area contributed by atoms with Crippen LogP contribution in [0.3, 0.4) is 0 Å². The van der Waals surface area contributed by atoms with Gasteiger partial charge >= 0.3 is 0 Å². The summed E-state index contributed by atoms with van der Waals surface area (Å²) in [5.41, 5.74) is 0.987. The minimum atomic E-state index is 0.493. The predicted molar refractivity (Wildman–Crippen MR) is 75.7 cm³/mol. The smallest absolute Gasteiger partial charge is 0.0623 e. The second-order valence-electron chi connectivity index (χ2n) is 7.12. The molecule has 0 spiro atoms. The number of likely N-dealkylation sites (N-methyl/N-ethyl adjacent to an activating group) is 1. The summed E-state index contributed by atoms with van der Waals surface area (Å²) < 4.78 is 5.57. The Morgan fingerprint density at radius 1 is 1.06 bits per heavy atom. The van der Waals surface area contributed by atoms with Crippen molar-refractivity contribution in [3.05, 3.63) is 0 Å². The van der Waals surface area contributed by atoms with E-state index in [1.807, 2.05) is 0 Å². The van der Waals surface area contributed by atoms with Gasteiger partial charge in [0.1, 0.15) is 0 Å². The van der Waals surface area contributed by atoms with Gasteiger partial charge in [-0.2, -0.15) is 0 Å². The quantitative estimate of drug-likeness (QED) is 0.759. The zero-order chi connectivity index (χ0) is 13.4. The highest BCUT2D eigenvalue weighted by Gasteiger charge is 2.63. The third-order valence-electron chi connectivity index (χ3n) is 5.74. The van der Waals surface area contributed by atoms with Crippen molar-refractivity contribution in [3.8, 4) is 0 Å². The molecule has 0 amide bonds. The van der Waals surface area contributed by atoms with Crippen molar-refractivity contribution in [2.45, 2.75) is 40.7 Å². The summed E-state index contributed by atoms with van der Waals surface area (Å²) in [4.78, 5) is 0. The fourth-order valence-corrected chi connectivity index (χ4v) is 3.54. The van der Waals surface area contributed by atoms with Gasteiger partial charge in [0.05, 0.1) is 13.2 Å². The highest BCUT2D eigenvalue weighted by atomic mass is 16.5. The Kier molecular flexibility index (Phi) is 4.05. The maximum atomic E-state index is 5.57. The molecule has 0 aromatic rings. The molecular formula is C15H30N2O. The first-order valence-corrected chi connectivity index (χ1v) is 7.43. The molecule has 3 nitrogen and oxygen atoms in total. The third kappa shape index (κ3) is 2.45. The minimum absolute atomic E-state index is 0.493. The van der Waals surface area contributed by atoms with Crippen molar-refractivity contribution in [1.82, 2.24) is 10.6 Å². The van der Waals surface area contributed by atoms with Gasteiger partial charge in [-0.3, -0.25) is 0 Å². The van der Waals surface area contributed by atoms with Gasteiger partial charge in [-0.25, -0.2) is 0 Å². The van der Waals surface area contributed by atoms with E-state index in [1.54, 1.807) is 0 Å². The molecule has 1 saturated carbocycles. The van der Waals surface area contributed by atoms with E-state index in [0.717, 1.165) is 38.8 Å². The van der Waals surface area contributed by atoms with Crippen molar-refractivity contribution in [2.24, 2.45) is 22.7 Å². The van der Waals surface area contributed by atoms with Crippen LogP contribution < -0.4 is 10.6 Å². The van der Waals surface area contributed by atoms with Crippen LogP contribution in [0.15, 0.2) is 0 Å². The summed E-state index contributed by atoms with van der Waals surface area (Å²) in [5.74, 6) is 1.44. The summed E-state index contributed by atoms with van der Waals surface area (Å²) in [6.07, 6.45) is 0. The van der Waals surface area contributed by atoms with E-state index in [-0.39, 0.29) is 0 Å². The van der Waals surface area contributed by atoms with E-state index in [4.69, 9.17) is 4.74 Å². The maximum absolute atomic E-state index is 5.57. The number of hydrogen-bond donors (Lipinski definition) is 2. The van der Waals surface area contributed by atoms with Gasteiger partial charge in [-0.05, 0) is 29.8 Å². The van der Waals surface area contributed by atoms with Gasteiger partial charge < -0.3 is 15.4 Å². The SMILES string of the molecule is CCNC1COCC1CNCC1C(C)(C)C1(C)C. The summed E-state index contributed by atoms with van der Waals surface area (Å²) in [6, 6.07) is 0.544. The normalized spacial score (nSPS) is 33.8. The Bertz CT molecular complexity index is 274. The van der Waals surface area contributed by atoms with E-state index in [1.165, 1.54) is 0 Å². The van der Waals surface area contributed by atoms with Gasteiger partial charge in [0.15, 0.2) is 0 Å². The lowest BCUT2D eigenvalue weighted by Gasteiger charge is -2.19. The molecule has 2 rings (SSSR count). The molecule has 106 valence electrons. The van der Waals surface area contributed by atoms with Gasteiger partial charge in [0.25, 0.3) is 0 Å². The Balaban J connectivity index is 1.70. The van der Waals surface area contributed by atoms with Crippen LogP contribution in [0.5, 0.6) is 0 Å². The Morgan fingerprint density at radius 3 is 2.28 bits per heavy atom. The fraction of sp³-hybridized carbons (Fsp3) is 1.00. The van der Waals surface area contributed by atoms with E-state index < -0.39 is 0 Å². The Labute approximate surface area is 112 Å². The van der Waals surface area contributed by atoms with Crippen LogP contribution in [0.2, 0.25) is 0 Å². The van der Waals surface area contributed by atoms with Crippen LogP contribution >= 0.6 is 0 Å². The second kappa shape index (κ2) is 5.10. The summed E-state index contributed by atoms with van der Waals surface area (Å²) >= 11 is 0. The van der Waals surface area contributed by atoms with Crippen LogP contribution in [-0.2, 0) is 4.74 Å². The number of ether oxygens (including phenoxy) is 1.